The van der Waals surface area contributed by atoms with E-state index in [1.54, 1.807) is 0 Å². The zero-order chi connectivity index (χ0) is 29.5. The molecular formula is C40H24N4O. The van der Waals surface area contributed by atoms with Crippen LogP contribution in [0, 0.1) is 0 Å². The van der Waals surface area contributed by atoms with Crippen molar-refractivity contribution in [1.29, 1.82) is 0 Å². The summed E-state index contributed by atoms with van der Waals surface area (Å²) in [7, 11) is 0. The van der Waals surface area contributed by atoms with Crippen LogP contribution in [0.2, 0.25) is 0 Å². The standard InChI is InChI=1S/C40H24N4O/c1-2-10-24(11-3-1)44-25-22-31-26-12-4-5-20-36(26)45-40(31)32(23-25)35-18-8-17-33(41-35)29-15-6-13-27-28-14-7-16-30(39(28)43-38(27)29)34-19-9-21-37(44)42-34/h1-23,43H. The Morgan fingerprint density at radius 3 is 1.87 bits per heavy atom. The van der Waals surface area contributed by atoms with Crippen molar-refractivity contribution in [2.24, 2.45) is 0 Å². The zero-order valence-electron chi connectivity index (χ0n) is 24.0. The Kier molecular flexibility index (Phi) is 4.93. The van der Waals surface area contributed by atoms with Gasteiger partial charge >= 0.3 is 0 Å². The highest BCUT2D eigenvalue weighted by Crippen LogP contribution is 2.44. The molecule has 0 amide bonds. The van der Waals surface area contributed by atoms with Crippen LogP contribution in [0.15, 0.2) is 144 Å². The van der Waals surface area contributed by atoms with Crippen molar-refractivity contribution < 1.29 is 4.42 Å². The minimum absolute atomic E-state index is 0.816. The van der Waals surface area contributed by atoms with Gasteiger partial charge in [-0.05, 0) is 54.6 Å². The number of anilines is 3. The van der Waals surface area contributed by atoms with Crippen molar-refractivity contribution in [3.63, 3.8) is 0 Å². The second-order valence-corrected chi connectivity index (χ2v) is 11.5. The van der Waals surface area contributed by atoms with E-state index in [4.69, 9.17) is 14.4 Å². The molecule has 0 fully saturated rings. The van der Waals surface area contributed by atoms with E-state index >= 15 is 0 Å². The summed E-state index contributed by atoms with van der Waals surface area (Å²) in [4.78, 5) is 16.6. The smallest absolute Gasteiger partial charge is 0.144 e. The molecule has 5 heteroatoms. The van der Waals surface area contributed by atoms with Crippen LogP contribution in [-0.2, 0) is 0 Å². The molecule has 45 heavy (non-hydrogen) atoms. The van der Waals surface area contributed by atoms with Crippen LogP contribution in [0.1, 0.15) is 0 Å². The summed E-state index contributed by atoms with van der Waals surface area (Å²) >= 11 is 0. The van der Waals surface area contributed by atoms with Crippen LogP contribution in [-0.4, -0.2) is 15.0 Å². The molecule has 0 radical (unpaired) electrons. The van der Waals surface area contributed by atoms with Gasteiger partial charge < -0.3 is 9.40 Å². The minimum Gasteiger partial charge on any atom is -0.455 e. The van der Waals surface area contributed by atoms with Crippen LogP contribution in [0.4, 0.5) is 17.2 Å². The lowest BCUT2D eigenvalue weighted by atomic mass is 10.0. The van der Waals surface area contributed by atoms with Gasteiger partial charge in [-0.3, -0.25) is 4.90 Å². The summed E-state index contributed by atoms with van der Waals surface area (Å²) in [5.41, 5.74) is 11.4. The number of fused-ring (bicyclic) bond motifs is 14. The lowest BCUT2D eigenvalue weighted by Crippen LogP contribution is -2.12. The predicted octanol–water partition coefficient (Wildman–Crippen LogP) is 10.8. The number of hydrogen-bond donors (Lipinski definition) is 1. The molecule has 10 rings (SSSR count). The number of para-hydroxylation sites is 4. The quantitative estimate of drug-likeness (QED) is 0.211. The molecule has 5 nitrogen and oxygen atoms in total. The van der Waals surface area contributed by atoms with Gasteiger partial charge in [0.25, 0.3) is 0 Å². The fourth-order valence-electron chi connectivity index (χ4n) is 6.93. The first-order valence-electron chi connectivity index (χ1n) is 15.1. The van der Waals surface area contributed by atoms with Gasteiger partial charge in [-0.15, -0.1) is 0 Å². The molecule has 0 unspecified atom stereocenters. The third-order valence-electron chi connectivity index (χ3n) is 8.95. The van der Waals surface area contributed by atoms with Gasteiger partial charge in [0.05, 0.1) is 28.1 Å². The molecular weight excluding hydrogens is 552 g/mol. The highest BCUT2D eigenvalue weighted by Gasteiger charge is 2.22. The number of benzene rings is 5. The predicted molar refractivity (Wildman–Crippen MR) is 183 cm³/mol. The lowest BCUT2D eigenvalue weighted by Gasteiger charge is -2.25. The third-order valence-corrected chi connectivity index (χ3v) is 8.95. The summed E-state index contributed by atoms with van der Waals surface area (Å²) < 4.78 is 6.57. The van der Waals surface area contributed by atoms with Crippen molar-refractivity contribution in [3.05, 3.63) is 140 Å². The fourth-order valence-corrected chi connectivity index (χ4v) is 6.93. The van der Waals surface area contributed by atoms with Crippen molar-refractivity contribution >= 4 is 60.9 Å². The van der Waals surface area contributed by atoms with Gasteiger partial charge in [0, 0.05) is 49.6 Å². The van der Waals surface area contributed by atoms with Crippen LogP contribution in [0.25, 0.3) is 77.5 Å². The summed E-state index contributed by atoms with van der Waals surface area (Å²) in [5.74, 6) is 0.821. The summed E-state index contributed by atoms with van der Waals surface area (Å²) in [6.07, 6.45) is 0. The maximum atomic E-state index is 6.57. The highest BCUT2D eigenvalue weighted by atomic mass is 16.3. The average molecular weight is 577 g/mol. The molecule has 210 valence electrons. The molecule has 0 saturated carbocycles. The van der Waals surface area contributed by atoms with Crippen LogP contribution in [0.5, 0.6) is 0 Å². The zero-order valence-corrected chi connectivity index (χ0v) is 24.0. The van der Waals surface area contributed by atoms with E-state index in [9.17, 15) is 0 Å². The number of nitrogens with one attached hydrogen (secondary N) is 1. The Bertz CT molecular complexity index is 2610. The van der Waals surface area contributed by atoms with Crippen molar-refractivity contribution in [3.8, 4) is 33.8 Å². The molecule has 4 aromatic heterocycles. The molecule has 9 aromatic rings. The lowest BCUT2D eigenvalue weighted by molar-refractivity contribution is 0.670. The Balaban J connectivity index is 1.39. The number of pyridine rings is 2. The largest absolute Gasteiger partial charge is 0.455 e. The topological polar surface area (TPSA) is 58.0 Å². The Morgan fingerprint density at radius 2 is 1.09 bits per heavy atom. The Hall–Kier alpha value is -6.20. The Morgan fingerprint density at radius 1 is 0.467 bits per heavy atom. The minimum atomic E-state index is 0.816. The highest BCUT2D eigenvalue weighted by molar-refractivity contribution is 6.15. The second kappa shape index (κ2) is 9.15. The maximum Gasteiger partial charge on any atom is 0.144 e. The summed E-state index contributed by atoms with van der Waals surface area (Å²) in [6, 6.07) is 48.4. The number of aromatic nitrogens is 3. The molecule has 0 spiro atoms. The van der Waals surface area contributed by atoms with E-state index in [0.29, 0.717) is 0 Å². The molecule has 1 N–H and O–H groups in total. The number of nitrogens with zero attached hydrogens (tertiary/aromatic N) is 3. The van der Waals surface area contributed by atoms with Crippen molar-refractivity contribution in [1.82, 2.24) is 15.0 Å². The number of furan rings is 1. The van der Waals surface area contributed by atoms with Crippen molar-refractivity contribution in [2.75, 3.05) is 4.90 Å². The first kappa shape index (κ1) is 24.3. The van der Waals surface area contributed by atoms with Gasteiger partial charge in [0.15, 0.2) is 0 Å². The van der Waals surface area contributed by atoms with Gasteiger partial charge in [0.1, 0.15) is 17.0 Å². The average Bonchev–Trinajstić information content (AvgIpc) is 3.67. The molecule has 0 saturated heterocycles. The normalized spacial score (nSPS) is 12.4. The molecule has 1 aliphatic heterocycles. The molecule has 8 bridgehead atoms. The second-order valence-electron chi connectivity index (χ2n) is 11.5. The Labute approximate surface area is 258 Å². The SMILES string of the molecule is c1ccc(N2c3cc(c4oc5ccccc5c4c3)-c3cccc(n3)-c3cccc4c3[nH]c3c(cccc34)-c3cccc2n3)cc1. The number of hydrogen-bond acceptors (Lipinski definition) is 4. The van der Waals surface area contributed by atoms with E-state index in [0.717, 1.165) is 94.7 Å². The monoisotopic (exact) mass is 576 g/mol. The molecule has 0 aliphatic carbocycles. The van der Waals surface area contributed by atoms with Gasteiger partial charge in [-0.25, -0.2) is 9.97 Å². The third kappa shape index (κ3) is 3.55. The molecule has 1 aliphatic rings. The van der Waals surface area contributed by atoms with E-state index in [1.807, 2.05) is 18.2 Å². The van der Waals surface area contributed by atoms with E-state index in [2.05, 4.69) is 131 Å². The number of aromatic amines is 1. The van der Waals surface area contributed by atoms with Crippen LogP contribution in [0.3, 0.4) is 0 Å². The van der Waals surface area contributed by atoms with E-state index < -0.39 is 0 Å². The van der Waals surface area contributed by atoms with Gasteiger partial charge in [-0.2, -0.15) is 0 Å². The first-order chi connectivity index (χ1) is 22.3. The van der Waals surface area contributed by atoms with Gasteiger partial charge in [-0.1, -0.05) is 84.9 Å². The van der Waals surface area contributed by atoms with Crippen LogP contribution >= 0.6 is 0 Å². The number of H-pyrrole nitrogens is 1. The van der Waals surface area contributed by atoms with Crippen LogP contribution < -0.4 is 4.90 Å². The molecule has 5 aromatic carbocycles. The molecule has 0 atom stereocenters. The molecule has 5 heterocycles. The fraction of sp³-hybridized carbons (Fsp3) is 0. The van der Waals surface area contributed by atoms with E-state index in [-0.39, 0.29) is 0 Å². The van der Waals surface area contributed by atoms with E-state index in [1.165, 1.54) is 0 Å². The summed E-state index contributed by atoms with van der Waals surface area (Å²) in [5, 5.41) is 4.42. The maximum absolute atomic E-state index is 6.57. The number of rotatable bonds is 1. The van der Waals surface area contributed by atoms with Gasteiger partial charge in [0.2, 0.25) is 0 Å². The van der Waals surface area contributed by atoms with Crippen molar-refractivity contribution in [2.45, 2.75) is 0 Å². The first-order valence-corrected chi connectivity index (χ1v) is 15.1. The summed E-state index contributed by atoms with van der Waals surface area (Å²) in [6.45, 7) is 0.